The summed E-state index contributed by atoms with van der Waals surface area (Å²) in [4.78, 5) is 0. The summed E-state index contributed by atoms with van der Waals surface area (Å²) in [7, 11) is 1.93. The van der Waals surface area contributed by atoms with Crippen molar-refractivity contribution >= 4 is 0 Å². The predicted molar refractivity (Wildman–Crippen MR) is 63.0 cm³/mol. The van der Waals surface area contributed by atoms with Gasteiger partial charge in [0.25, 0.3) is 0 Å². The van der Waals surface area contributed by atoms with E-state index >= 15 is 0 Å². The van der Waals surface area contributed by atoms with Gasteiger partial charge in [-0.05, 0) is 25.6 Å². The van der Waals surface area contributed by atoms with Crippen molar-refractivity contribution < 1.29 is 4.42 Å². The summed E-state index contributed by atoms with van der Waals surface area (Å²) in [6, 6.07) is 3.92. The molecule has 0 aliphatic rings. The van der Waals surface area contributed by atoms with E-state index in [4.69, 9.17) is 4.42 Å². The van der Waals surface area contributed by atoms with Crippen LogP contribution in [0.2, 0.25) is 0 Å². The highest BCUT2D eigenvalue weighted by molar-refractivity contribution is 5.56. The van der Waals surface area contributed by atoms with Gasteiger partial charge < -0.3 is 9.73 Å². The van der Waals surface area contributed by atoms with Crippen molar-refractivity contribution in [3.63, 3.8) is 0 Å². The van der Waals surface area contributed by atoms with Gasteiger partial charge >= 0.3 is 0 Å². The number of furan rings is 1. The summed E-state index contributed by atoms with van der Waals surface area (Å²) in [5, 5.41) is 7.73. The van der Waals surface area contributed by atoms with Gasteiger partial charge in [0.05, 0.1) is 0 Å². The van der Waals surface area contributed by atoms with Gasteiger partial charge in [0, 0.05) is 25.4 Å². The van der Waals surface area contributed by atoms with Gasteiger partial charge in [-0.25, -0.2) is 0 Å². The van der Waals surface area contributed by atoms with E-state index in [9.17, 15) is 0 Å². The molecule has 0 saturated carbocycles. The molecule has 0 saturated heterocycles. The molecule has 0 aliphatic heterocycles. The fourth-order valence-corrected chi connectivity index (χ4v) is 1.70. The van der Waals surface area contributed by atoms with Gasteiger partial charge in [-0.15, -0.1) is 0 Å². The number of aryl methyl sites for hydroxylation is 2. The zero-order valence-electron chi connectivity index (χ0n) is 9.95. The highest BCUT2D eigenvalue weighted by Gasteiger charge is 2.12. The molecule has 2 rings (SSSR count). The Morgan fingerprint density at radius 1 is 1.44 bits per heavy atom. The van der Waals surface area contributed by atoms with Crippen molar-refractivity contribution in [1.29, 1.82) is 0 Å². The maximum Gasteiger partial charge on any atom is 0.154 e. The molecule has 0 fully saturated rings. The standard InChI is InChI=1S/C12H17N3O/c1-4-13-7-10-8-15(3)14-12(10)11-6-5-9(2)16-11/h5-6,8,13H,4,7H2,1-3H3. The van der Waals surface area contributed by atoms with E-state index in [0.717, 1.165) is 30.3 Å². The van der Waals surface area contributed by atoms with Gasteiger partial charge in [-0.3, -0.25) is 4.68 Å². The maximum atomic E-state index is 5.60. The number of aromatic nitrogens is 2. The first-order valence-corrected chi connectivity index (χ1v) is 5.50. The number of nitrogens with zero attached hydrogens (tertiary/aromatic N) is 2. The van der Waals surface area contributed by atoms with Crippen molar-refractivity contribution in [3.8, 4) is 11.5 Å². The van der Waals surface area contributed by atoms with E-state index in [0.29, 0.717) is 0 Å². The van der Waals surface area contributed by atoms with Crippen LogP contribution in [-0.4, -0.2) is 16.3 Å². The predicted octanol–water partition coefficient (Wildman–Crippen LogP) is 2.10. The molecule has 0 aliphatic carbocycles. The first-order chi connectivity index (χ1) is 7.70. The van der Waals surface area contributed by atoms with Crippen molar-refractivity contribution in [2.75, 3.05) is 6.54 Å². The van der Waals surface area contributed by atoms with Crippen molar-refractivity contribution in [2.24, 2.45) is 7.05 Å². The third-order valence-corrected chi connectivity index (χ3v) is 2.44. The van der Waals surface area contributed by atoms with Crippen LogP contribution in [-0.2, 0) is 13.6 Å². The third-order valence-electron chi connectivity index (χ3n) is 2.44. The van der Waals surface area contributed by atoms with Crippen LogP contribution in [0.4, 0.5) is 0 Å². The monoisotopic (exact) mass is 219 g/mol. The molecular formula is C12H17N3O. The summed E-state index contributed by atoms with van der Waals surface area (Å²) < 4.78 is 7.42. The second-order valence-electron chi connectivity index (χ2n) is 3.87. The molecule has 4 nitrogen and oxygen atoms in total. The molecular weight excluding hydrogens is 202 g/mol. The van der Waals surface area contributed by atoms with Gasteiger partial charge in [0.15, 0.2) is 5.76 Å². The highest BCUT2D eigenvalue weighted by Crippen LogP contribution is 2.23. The Labute approximate surface area is 95.3 Å². The smallest absolute Gasteiger partial charge is 0.154 e. The third kappa shape index (κ3) is 2.17. The minimum Gasteiger partial charge on any atom is -0.460 e. The van der Waals surface area contributed by atoms with Crippen LogP contribution in [0.15, 0.2) is 22.7 Å². The largest absolute Gasteiger partial charge is 0.460 e. The molecule has 2 heterocycles. The van der Waals surface area contributed by atoms with Crippen molar-refractivity contribution in [1.82, 2.24) is 15.1 Å². The van der Waals surface area contributed by atoms with Crippen molar-refractivity contribution in [2.45, 2.75) is 20.4 Å². The van der Waals surface area contributed by atoms with Crippen LogP contribution in [0, 0.1) is 6.92 Å². The fraction of sp³-hybridized carbons (Fsp3) is 0.417. The second kappa shape index (κ2) is 4.53. The molecule has 16 heavy (non-hydrogen) atoms. The van der Waals surface area contributed by atoms with Crippen LogP contribution in [0.1, 0.15) is 18.2 Å². The molecule has 0 amide bonds. The lowest BCUT2D eigenvalue weighted by Gasteiger charge is -2.00. The van der Waals surface area contributed by atoms with E-state index in [1.165, 1.54) is 5.56 Å². The summed E-state index contributed by atoms with van der Waals surface area (Å²) in [5.74, 6) is 1.75. The topological polar surface area (TPSA) is 43.0 Å². The molecule has 86 valence electrons. The Morgan fingerprint density at radius 2 is 2.25 bits per heavy atom. The molecule has 0 radical (unpaired) electrons. The van der Waals surface area contributed by atoms with Crippen LogP contribution in [0.5, 0.6) is 0 Å². The Balaban J connectivity index is 2.32. The zero-order valence-corrected chi connectivity index (χ0v) is 9.95. The maximum absolute atomic E-state index is 5.60. The van der Waals surface area contributed by atoms with Crippen LogP contribution in [0.25, 0.3) is 11.5 Å². The van der Waals surface area contributed by atoms with Gasteiger partial charge in [0.2, 0.25) is 0 Å². The lowest BCUT2D eigenvalue weighted by atomic mass is 10.2. The summed E-state index contributed by atoms with van der Waals surface area (Å²) in [6.07, 6.45) is 2.02. The molecule has 0 bridgehead atoms. The quantitative estimate of drug-likeness (QED) is 0.856. The van der Waals surface area contributed by atoms with Crippen LogP contribution >= 0.6 is 0 Å². The van der Waals surface area contributed by atoms with Crippen LogP contribution < -0.4 is 5.32 Å². The highest BCUT2D eigenvalue weighted by atomic mass is 16.3. The van der Waals surface area contributed by atoms with Gasteiger partial charge in [0.1, 0.15) is 11.5 Å². The van der Waals surface area contributed by atoms with E-state index in [1.54, 1.807) is 0 Å². The summed E-state index contributed by atoms with van der Waals surface area (Å²) in [5.41, 5.74) is 2.09. The molecule has 0 unspecified atom stereocenters. The molecule has 0 spiro atoms. The second-order valence-corrected chi connectivity index (χ2v) is 3.87. The molecule has 0 atom stereocenters. The van der Waals surface area contributed by atoms with E-state index in [1.807, 2.05) is 37.0 Å². The average molecular weight is 219 g/mol. The zero-order chi connectivity index (χ0) is 11.5. The lowest BCUT2D eigenvalue weighted by molar-refractivity contribution is 0.544. The Bertz CT molecular complexity index is 470. The molecule has 2 aromatic heterocycles. The normalized spacial score (nSPS) is 10.9. The SMILES string of the molecule is CCNCc1cn(C)nc1-c1ccc(C)o1. The molecule has 4 heteroatoms. The van der Waals surface area contributed by atoms with E-state index < -0.39 is 0 Å². The molecule has 1 N–H and O–H groups in total. The Hall–Kier alpha value is -1.55. The first kappa shape index (κ1) is 11.0. The Kier molecular flexibility index (Phi) is 3.10. The van der Waals surface area contributed by atoms with Gasteiger partial charge in [-0.2, -0.15) is 5.10 Å². The Morgan fingerprint density at radius 3 is 2.88 bits per heavy atom. The number of rotatable bonds is 4. The fourth-order valence-electron chi connectivity index (χ4n) is 1.70. The van der Waals surface area contributed by atoms with E-state index in [-0.39, 0.29) is 0 Å². The minimum absolute atomic E-state index is 0.819. The lowest BCUT2D eigenvalue weighted by Crippen LogP contribution is -2.11. The number of hydrogen-bond acceptors (Lipinski definition) is 3. The van der Waals surface area contributed by atoms with Crippen LogP contribution in [0.3, 0.4) is 0 Å². The summed E-state index contributed by atoms with van der Waals surface area (Å²) in [6.45, 7) is 5.80. The number of nitrogens with one attached hydrogen (secondary N) is 1. The number of hydrogen-bond donors (Lipinski definition) is 1. The van der Waals surface area contributed by atoms with Gasteiger partial charge in [-0.1, -0.05) is 6.92 Å². The summed E-state index contributed by atoms with van der Waals surface area (Å²) >= 11 is 0. The van der Waals surface area contributed by atoms with Crippen molar-refractivity contribution in [3.05, 3.63) is 29.7 Å². The molecule has 0 aromatic carbocycles. The van der Waals surface area contributed by atoms with E-state index in [2.05, 4.69) is 17.3 Å². The molecule has 2 aromatic rings. The minimum atomic E-state index is 0.819. The average Bonchev–Trinajstić information content (AvgIpc) is 2.81. The first-order valence-electron chi connectivity index (χ1n) is 5.50.